The summed E-state index contributed by atoms with van der Waals surface area (Å²) in [5, 5.41) is 0.619. The average Bonchev–Trinajstić information content (AvgIpc) is 3.28. The summed E-state index contributed by atoms with van der Waals surface area (Å²) in [6.07, 6.45) is 0. The standard InChI is InChI=1S/C25H26N4O3S2.ClH/c1-27(2)17-18-29(25-26-22-11-7-8-12-23(22)33-25)24(30)19-13-15-21(16-14-19)34(31,32)28(3)20-9-5-4-6-10-20;/h4-16H,17-18H2,1-3H3;1H. The topological polar surface area (TPSA) is 73.8 Å². The Balaban J connectivity index is 0.00000342. The minimum Gasteiger partial charge on any atom is -0.308 e. The number of thiazole rings is 1. The highest BCUT2D eigenvalue weighted by molar-refractivity contribution is 7.92. The first-order valence-electron chi connectivity index (χ1n) is 10.7. The Labute approximate surface area is 216 Å². The van der Waals surface area contributed by atoms with Crippen molar-refractivity contribution in [2.45, 2.75) is 4.90 Å². The quantitative estimate of drug-likeness (QED) is 0.328. The molecule has 0 atom stereocenters. The summed E-state index contributed by atoms with van der Waals surface area (Å²) >= 11 is 1.46. The van der Waals surface area contributed by atoms with Crippen molar-refractivity contribution in [3.05, 3.63) is 84.4 Å². The van der Waals surface area contributed by atoms with Crippen molar-refractivity contribution in [2.24, 2.45) is 0 Å². The number of carbonyl (C=O) groups is 1. The highest BCUT2D eigenvalue weighted by Crippen LogP contribution is 2.30. The molecular formula is C25H27ClN4O3S2. The second kappa shape index (κ2) is 11.2. The molecule has 184 valence electrons. The predicted molar refractivity (Wildman–Crippen MR) is 146 cm³/mol. The molecule has 3 aromatic carbocycles. The molecule has 0 fully saturated rings. The summed E-state index contributed by atoms with van der Waals surface area (Å²) in [6, 6.07) is 22.7. The van der Waals surface area contributed by atoms with E-state index in [0.29, 0.717) is 29.5 Å². The lowest BCUT2D eigenvalue weighted by Gasteiger charge is -2.22. The third-order valence-corrected chi connectivity index (χ3v) is 8.27. The van der Waals surface area contributed by atoms with Crippen molar-refractivity contribution >= 4 is 60.7 Å². The van der Waals surface area contributed by atoms with Gasteiger partial charge in [-0.25, -0.2) is 13.4 Å². The van der Waals surface area contributed by atoms with E-state index in [1.54, 1.807) is 41.3 Å². The van der Waals surface area contributed by atoms with Gasteiger partial charge in [-0.05, 0) is 62.6 Å². The average molecular weight is 531 g/mol. The zero-order valence-electron chi connectivity index (χ0n) is 19.7. The zero-order chi connectivity index (χ0) is 24.3. The predicted octanol–water partition coefficient (Wildman–Crippen LogP) is 4.75. The second-order valence-corrected chi connectivity index (χ2v) is 11.0. The maximum Gasteiger partial charge on any atom is 0.264 e. The fourth-order valence-corrected chi connectivity index (χ4v) is 5.61. The Morgan fingerprint density at radius 2 is 1.49 bits per heavy atom. The Bertz CT molecular complexity index is 1360. The number of rotatable bonds is 8. The molecule has 0 saturated carbocycles. The van der Waals surface area contributed by atoms with Gasteiger partial charge in [0.2, 0.25) is 0 Å². The second-order valence-electron chi connectivity index (χ2n) is 8.06. The molecule has 1 aromatic heterocycles. The smallest absolute Gasteiger partial charge is 0.264 e. The summed E-state index contributed by atoms with van der Waals surface area (Å²) in [7, 11) is 1.66. The van der Waals surface area contributed by atoms with Crippen LogP contribution in [0.15, 0.2) is 83.8 Å². The van der Waals surface area contributed by atoms with E-state index in [2.05, 4.69) is 4.98 Å². The van der Waals surface area contributed by atoms with Crippen LogP contribution in [0.2, 0.25) is 0 Å². The minimum absolute atomic E-state index is 0. The molecule has 1 amide bonds. The number of para-hydroxylation sites is 2. The molecule has 35 heavy (non-hydrogen) atoms. The molecule has 0 spiro atoms. The van der Waals surface area contributed by atoms with Gasteiger partial charge in [-0.3, -0.25) is 14.0 Å². The summed E-state index contributed by atoms with van der Waals surface area (Å²) in [6.45, 7) is 1.12. The molecule has 0 unspecified atom stereocenters. The van der Waals surface area contributed by atoms with E-state index < -0.39 is 10.0 Å². The van der Waals surface area contributed by atoms with Gasteiger partial charge in [0.25, 0.3) is 15.9 Å². The molecule has 1 heterocycles. The van der Waals surface area contributed by atoms with Crippen LogP contribution in [0.4, 0.5) is 10.8 Å². The molecule has 7 nitrogen and oxygen atoms in total. The number of fused-ring (bicyclic) bond motifs is 1. The number of halogens is 1. The largest absolute Gasteiger partial charge is 0.308 e. The first-order valence-corrected chi connectivity index (χ1v) is 13.0. The number of benzene rings is 3. The van der Waals surface area contributed by atoms with Gasteiger partial charge >= 0.3 is 0 Å². The lowest BCUT2D eigenvalue weighted by atomic mass is 10.2. The Morgan fingerprint density at radius 3 is 2.11 bits per heavy atom. The highest BCUT2D eigenvalue weighted by Gasteiger charge is 2.24. The number of amides is 1. The molecule has 4 rings (SSSR count). The number of hydrogen-bond donors (Lipinski definition) is 0. The Kier molecular flexibility index (Phi) is 8.50. The van der Waals surface area contributed by atoms with Crippen molar-refractivity contribution in [2.75, 3.05) is 43.4 Å². The molecule has 0 saturated heterocycles. The van der Waals surface area contributed by atoms with Gasteiger partial charge < -0.3 is 4.90 Å². The molecule has 0 aliphatic rings. The van der Waals surface area contributed by atoms with Crippen LogP contribution in [0.3, 0.4) is 0 Å². The maximum absolute atomic E-state index is 13.5. The lowest BCUT2D eigenvalue weighted by molar-refractivity contribution is 0.0985. The van der Waals surface area contributed by atoms with Crippen molar-refractivity contribution in [1.29, 1.82) is 0 Å². The summed E-state index contributed by atoms with van der Waals surface area (Å²) in [5.74, 6) is -0.221. The van der Waals surface area contributed by atoms with Crippen LogP contribution < -0.4 is 9.21 Å². The van der Waals surface area contributed by atoms with Crippen LogP contribution in [-0.4, -0.2) is 58.4 Å². The Hall–Kier alpha value is -2.98. The van der Waals surface area contributed by atoms with Crippen molar-refractivity contribution in [3.63, 3.8) is 0 Å². The van der Waals surface area contributed by atoms with Crippen LogP contribution in [0, 0.1) is 0 Å². The van der Waals surface area contributed by atoms with Gasteiger partial charge in [0.05, 0.1) is 20.8 Å². The van der Waals surface area contributed by atoms with Crippen LogP contribution in [0.1, 0.15) is 10.4 Å². The summed E-state index contributed by atoms with van der Waals surface area (Å²) in [4.78, 5) is 21.9. The molecule has 4 aromatic rings. The van der Waals surface area contributed by atoms with Crippen LogP contribution in [0.5, 0.6) is 0 Å². The molecule has 0 N–H and O–H groups in total. The van der Waals surface area contributed by atoms with Crippen LogP contribution >= 0.6 is 23.7 Å². The van der Waals surface area contributed by atoms with E-state index in [0.717, 1.165) is 10.2 Å². The third kappa shape index (κ3) is 5.82. The molecule has 10 heteroatoms. The SMILES string of the molecule is CN(C)CCN(C(=O)c1ccc(S(=O)(=O)N(C)c2ccccc2)cc1)c1nc2ccccc2s1.Cl. The first-order chi connectivity index (χ1) is 16.3. The monoisotopic (exact) mass is 530 g/mol. The fraction of sp³-hybridized carbons (Fsp3) is 0.200. The van der Waals surface area contributed by atoms with Crippen molar-refractivity contribution < 1.29 is 13.2 Å². The van der Waals surface area contributed by atoms with E-state index in [1.807, 2.05) is 49.3 Å². The summed E-state index contributed by atoms with van der Waals surface area (Å²) in [5.41, 5.74) is 1.81. The van der Waals surface area contributed by atoms with Gasteiger partial charge in [-0.1, -0.05) is 41.7 Å². The molecule has 0 bridgehead atoms. The van der Waals surface area contributed by atoms with Gasteiger partial charge in [0.1, 0.15) is 0 Å². The molecule has 0 aliphatic heterocycles. The van der Waals surface area contributed by atoms with Gasteiger partial charge in [-0.15, -0.1) is 12.4 Å². The number of hydrogen-bond acceptors (Lipinski definition) is 6. The normalized spacial score (nSPS) is 11.3. The van der Waals surface area contributed by atoms with E-state index in [4.69, 9.17) is 0 Å². The van der Waals surface area contributed by atoms with Gasteiger partial charge in [0, 0.05) is 25.7 Å². The van der Waals surface area contributed by atoms with Gasteiger partial charge in [-0.2, -0.15) is 0 Å². The highest BCUT2D eigenvalue weighted by atomic mass is 35.5. The number of nitrogens with zero attached hydrogens (tertiary/aromatic N) is 4. The van der Waals surface area contributed by atoms with Crippen LogP contribution in [0.25, 0.3) is 10.2 Å². The van der Waals surface area contributed by atoms with E-state index >= 15 is 0 Å². The fourth-order valence-electron chi connectivity index (χ4n) is 3.42. The number of sulfonamides is 1. The number of aromatic nitrogens is 1. The van der Waals surface area contributed by atoms with E-state index in [-0.39, 0.29) is 23.2 Å². The molecule has 0 aliphatic carbocycles. The third-order valence-electron chi connectivity index (χ3n) is 5.41. The zero-order valence-corrected chi connectivity index (χ0v) is 22.1. The van der Waals surface area contributed by atoms with Crippen LogP contribution in [-0.2, 0) is 10.0 Å². The van der Waals surface area contributed by atoms with E-state index in [1.165, 1.54) is 34.8 Å². The molecular weight excluding hydrogens is 504 g/mol. The lowest BCUT2D eigenvalue weighted by Crippen LogP contribution is -2.36. The molecule has 0 radical (unpaired) electrons. The number of carbonyl (C=O) groups excluding carboxylic acids is 1. The van der Waals surface area contributed by atoms with Crippen molar-refractivity contribution in [3.8, 4) is 0 Å². The first kappa shape index (κ1) is 26.6. The minimum atomic E-state index is -3.75. The number of likely N-dealkylation sites (N-methyl/N-ethyl adjacent to an activating group) is 1. The summed E-state index contributed by atoms with van der Waals surface area (Å²) < 4.78 is 28.4. The van der Waals surface area contributed by atoms with Crippen molar-refractivity contribution in [1.82, 2.24) is 9.88 Å². The van der Waals surface area contributed by atoms with E-state index in [9.17, 15) is 13.2 Å². The van der Waals surface area contributed by atoms with Gasteiger partial charge in [0.15, 0.2) is 5.13 Å². The Morgan fingerprint density at radius 1 is 0.857 bits per heavy atom. The number of anilines is 2. The maximum atomic E-state index is 13.5.